The topological polar surface area (TPSA) is 67.5 Å². The highest BCUT2D eigenvalue weighted by Gasteiger charge is 2.15. The third-order valence-corrected chi connectivity index (χ3v) is 3.53. The fourth-order valence-electron chi connectivity index (χ4n) is 2.05. The van der Waals surface area contributed by atoms with Crippen LogP contribution in [0, 0.1) is 6.92 Å². The second-order valence-corrected chi connectivity index (χ2v) is 5.25. The molecule has 0 unspecified atom stereocenters. The Morgan fingerprint density at radius 1 is 1.20 bits per heavy atom. The van der Waals surface area contributed by atoms with Crippen molar-refractivity contribution in [3.63, 3.8) is 0 Å². The van der Waals surface area contributed by atoms with Gasteiger partial charge in [0.1, 0.15) is 5.82 Å². The van der Waals surface area contributed by atoms with Crippen molar-refractivity contribution in [3.05, 3.63) is 52.4 Å². The number of carboxylic acids is 1. The molecule has 3 aromatic rings. The number of halogens is 1. The Morgan fingerprint density at radius 2 is 1.90 bits per heavy atom. The summed E-state index contributed by atoms with van der Waals surface area (Å²) in [6.07, 6.45) is 0. The first-order valence-corrected chi connectivity index (χ1v) is 6.71. The first-order valence-electron chi connectivity index (χ1n) is 5.92. The van der Waals surface area contributed by atoms with Crippen LogP contribution in [0.2, 0.25) is 0 Å². The molecule has 3 rings (SSSR count). The van der Waals surface area contributed by atoms with Crippen molar-refractivity contribution in [2.75, 3.05) is 0 Å². The standard InChI is InChI=1S/C14H10BrN3O2/c1-8-16-13(14(19)20)12-7-6-11(17-18(8)12)9-2-4-10(15)5-3-9/h2-7H,1H3,(H,19,20). The molecular formula is C14H10BrN3O2. The minimum Gasteiger partial charge on any atom is -0.476 e. The number of hydrogen-bond acceptors (Lipinski definition) is 3. The maximum absolute atomic E-state index is 11.1. The predicted octanol–water partition coefficient (Wildman–Crippen LogP) is 3.17. The Hall–Kier alpha value is -2.21. The van der Waals surface area contributed by atoms with E-state index >= 15 is 0 Å². The summed E-state index contributed by atoms with van der Waals surface area (Å²) in [5.41, 5.74) is 2.25. The van der Waals surface area contributed by atoms with E-state index < -0.39 is 5.97 Å². The molecule has 100 valence electrons. The fourth-order valence-corrected chi connectivity index (χ4v) is 2.31. The third-order valence-electron chi connectivity index (χ3n) is 3.00. The van der Waals surface area contributed by atoms with Gasteiger partial charge in [-0.2, -0.15) is 5.10 Å². The van der Waals surface area contributed by atoms with Gasteiger partial charge in [0.25, 0.3) is 0 Å². The highest BCUT2D eigenvalue weighted by Crippen LogP contribution is 2.21. The van der Waals surface area contributed by atoms with Crippen LogP contribution in [0.5, 0.6) is 0 Å². The van der Waals surface area contributed by atoms with Crippen LogP contribution in [0.25, 0.3) is 16.8 Å². The highest BCUT2D eigenvalue weighted by atomic mass is 79.9. The number of hydrogen-bond donors (Lipinski definition) is 1. The number of benzene rings is 1. The molecule has 0 aliphatic heterocycles. The van der Waals surface area contributed by atoms with E-state index in [1.54, 1.807) is 23.6 Å². The number of aromatic nitrogens is 3. The number of carbonyl (C=O) groups is 1. The molecule has 1 aromatic carbocycles. The van der Waals surface area contributed by atoms with Crippen molar-refractivity contribution in [2.45, 2.75) is 6.92 Å². The van der Waals surface area contributed by atoms with E-state index in [0.717, 1.165) is 15.7 Å². The van der Waals surface area contributed by atoms with E-state index in [1.165, 1.54) is 0 Å². The number of carboxylic acid groups (broad SMARTS) is 1. The maximum Gasteiger partial charge on any atom is 0.356 e. The van der Waals surface area contributed by atoms with Crippen molar-refractivity contribution in [1.82, 2.24) is 14.6 Å². The van der Waals surface area contributed by atoms with E-state index in [-0.39, 0.29) is 5.69 Å². The van der Waals surface area contributed by atoms with Gasteiger partial charge in [-0.1, -0.05) is 28.1 Å². The molecule has 0 amide bonds. The zero-order chi connectivity index (χ0) is 14.3. The van der Waals surface area contributed by atoms with E-state index in [9.17, 15) is 4.79 Å². The second-order valence-electron chi connectivity index (χ2n) is 4.34. The molecule has 6 heteroatoms. The van der Waals surface area contributed by atoms with Gasteiger partial charge in [0.05, 0.1) is 11.2 Å². The smallest absolute Gasteiger partial charge is 0.356 e. The number of aryl methyl sites for hydroxylation is 1. The van der Waals surface area contributed by atoms with Gasteiger partial charge in [0.15, 0.2) is 5.69 Å². The third kappa shape index (κ3) is 2.08. The summed E-state index contributed by atoms with van der Waals surface area (Å²) in [5.74, 6) is -0.495. The van der Waals surface area contributed by atoms with Crippen LogP contribution in [-0.2, 0) is 0 Å². The minimum absolute atomic E-state index is 0.0253. The number of imidazole rings is 1. The van der Waals surface area contributed by atoms with Gasteiger partial charge in [-0.05, 0) is 31.2 Å². The summed E-state index contributed by atoms with van der Waals surface area (Å²) in [6.45, 7) is 1.73. The number of nitrogens with zero attached hydrogens (tertiary/aromatic N) is 3. The van der Waals surface area contributed by atoms with Crippen molar-refractivity contribution in [2.24, 2.45) is 0 Å². The summed E-state index contributed by atoms with van der Waals surface area (Å²) < 4.78 is 2.55. The average Bonchev–Trinajstić information content (AvgIpc) is 2.77. The first kappa shape index (κ1) is 12.8. The summed E-state index contributed by atoms with van der Waals surface area (Å²) in [5, 5.41) is 13.6. The summed E-state index contributed by atoms with van der Waals surface area (Å²) in [7, 11) is 0. The van der Waals surface area contributed by atoms with Gasteiger partial charge in [-0.25, -0.2) is 14.3 Å². The molecule has 5 nitrogen and oxygen atoms in total. The molecule has 0 atom stereocenters. The molecule has 2 aromatic heterocycles. The van der Waals surface area contributed by atoms with Gasteiger partial charge in [0, 0.05) is 10.0 Å². The van der Waals surface area contributed by atoms with Gasteiger partial charge in [0.2, 0.25) is 0 Å². The van der Waals surface area contributed by atoms with Crippen LogP contribution in [0.1, 0.15) is 16.3 Å². The highest BCUT2D eigenvalue weighted by molar-refractivity contribution is 9.10. The van der Waals surface area contributed by atoms with Crippen molar-refractivity contribution in [1.29, 1.82) is 0 Å². The molecule has 2 heterocycles. The number of rotatable bonds is 2. The SMILES string of the molecule is Cc1nc(C(=O)O)c2ccc(-c3ccc(Br)cc3)nn12. The normalized spacial score (nSPS) is 10.9. The zero-order valence-electron chi connectivity index (χ0n) is 10.5. The Labute approximate surface area is 123 Å². The largest absolute Gasteiger partial charge is 0.476 e. The molecule has 0 aliphatic rings. The molecule has 0 saturated carbocycles. The van der Waals surface area contributed by atoms with Crippen molar-refractivity contribution in [3.8, 4) is 11.3 Å². The second kappa shape index (κ2) is 4.72. The monoisotopic (exact) mass is 331 g/mol. The lowest BCUT2D eigenvalue weighted by Gasteiger charge is -2.03. The molecule has 0 bridgehead atoms. The molecule has 0 fully saturated rings. The van der Waals surface area contributed by atoms with Gasteiger partial charge >= 0.3 is 5.97 Å². The Balaban J connectivity index is 2.18. The van der Waals surface area contributed by atoms with Crippen LogP contribution < -0.4 is 0 Å². The van der Waals surface area contributed by atoms with Crippen molar-refractivity contribution >= 4 is 27.4 Å². The Kier molecular flexibility index (Phi) is 3.02. The molecule has 0 aliphatic carbocycles. The van der Waals surface area contributed by atoms with Gasteiger partial charge in [-0.15, -0.1) is 0 Å². The average molecular weight is 332 g/mol. The molecule has 0 spiro atoms. The number of aromatic carboxylic acids is 1. The molecule has 0 saturated heterocycles. The molecule has 20 heavy (non-hydrogen) atoms. The van der Waals surface area contributed by atoms with E-state index in [2.05, 4.69) is 26.0 Å². The lowest BCUT2D eigenvalue weighted by Crippen LogP contribution is -1.99. The fraction of sp³-hybridized carbons (Fsp3) is 0.0714. The van der Waals surface area contributed by atoms with E-state index in [1.807, 2.05) is 24.3 Å². The van der Waals surface area contributed by atoms with E-state index in [4.69, 9.17) is 5.11 Å². The Bertz CT molecular complexity index is 809. The van der Waals surface area contributed by atoms with Gasteiger partial charge < -0.3 is 5.11 Å². The lowest BCUT2D eigenvalue weighted by molar-refractivity contribution is 0.0693. The van der Waals surface area contributed by atoms with Crippen LogP contribution in [0.3, 0.4) is 0 Å². The van der Waals surface area contributed by atoms with E-state index in [0.29, 0.717) is 11.3 Å². The minimum atomic E-state index is -1.05. The van der Waals surface area contributed by atoms with Crippen LogP contribution in [0.15, 0.2) is 40.9 Å². The lowest BCUT2D eigenvalue weighted by atomic mass is 10.1. The Morgan fingerprint density at radius 3 is 2.55 bits per heavy atom. The molecule has 0 radical (unpaired) electrons. The predicted molar refractivity (Wildman–Crippen MR) is 77.8 cm³/mol. The summed E-state index contributed by atoms with van der Waals surface area (Å²) in [6, 6.07) is 11.3. The zero-order valence-corrected chi connectivity index (χ0v) is 12.1. The van der Waals surface area contributed by atoms with Gasteiger partial charge in [-0.3, -0.25) is 0 Å². The maximum atomic E-state index is 11.1. The molecule has 1 N–H and O–H groups in total. The first-order chi connectivity index (χ1) is 9.56. The van der Waals surface area contributed by atoms with Crippen LogP contribution in [0.4, 0.5) is 0 Å². The molecular weight excluding hydrogens is 322 g/mol. The van der Waals surface area contributed by atoms with Crippen molar-refractivity contribution < 1.29 is 9.90 Å². The van der Waals surface area contributed by atoms with Crippen LogP contribution in [-0.4, -0.2) is 25.7 Å². The van der Waals surface area contributed by atoms with Crippen LogP contribution >= 0.6 is 15.9 Å². The summed E-state index contributed by atoms with van der Waals surface area (Å²) >= 11 is 3.39. The quantitative estimate of drug-likeness (QED) is 0.783. The number of fused-ring (bicyclic) bond motifs is 1. The summed E-state index contributed by atoms with van der Waals surface area (Å²) in [4.78, 5) is 15.1.